The molecule has 9 unspecified atom stereocenters. The molecule has 1 aromatic rings. The lowest BCUT2D eigenvalue weighted by atomic mass is 9.33. The number of carboxylic acids is 1. The highest BCUT2D eigenvalue weighted by atomic mass is 19.3. The van der Waals surface area contributed by atoms with E-state index in [0.717, 1.165) is 44.1 Å². The summed E-state index contributed by atoms with van der Waals surface area (Å²) < 4.78 is 27.9. The number of aromatic carboxylic acids is 1. The Balaban J connectivity index is 1.17. The molecular formula is C42H58F2N2O3. The van der Waals surface area contributed by atoms with E-state index < -0.39 is 11.9 Å². The van der Waals surface area contributed by atoms with E-state index >= 15 is 0 Å². The van der Waals surface area contributed by atoms with Crippen molar-refractivity contribution in [1.29, 1.82) is 0 Å². The monoisotopic (exact) mass is 676 g/mol. The third-order valence-electron chi connectivity index (χ3n) is 16.1. The molecule has 1 aliphatic heterocycles. The number of alkyl halides is 2. The number of carboxylic acid groups (broad SMARTS) is 1. The molecule has 2 N–H and O–H groups in total. The van der Waals surface area contributed by atoms with Crippen molar-refractivity contribution in [2.75, 3.05) is 19.6 Å². The maximum atomic E-state index is 14.0. The minimum atomic E-state index is -2.70. The number of rotatable bonds is 6. The van der Waals surface area contributed by atoms with Crippen molar-refractivity contribution >= 4 is 17.4 Å². The number of benzene rings is 1. The van der Waals surface area contributed by atoms with Crippen LogP contribution in [0.15, 0.2) is 42.5 Å². The van der Waals surface area contributed by atoms with Gasteiger partial charge in [-0.15, -0.1) is 0 Å². The van der Waals surface area contributed by atoms with Gasteiger partial charge in [0.2, 0.25) is 5.91 Å². The van der Waals surface area contributed by atoms with Crippen molar-refractivity contribution in [2.24, 2.45) is 51.2 Å². The summed E-state index contributed by atoms with van der Waals surface area (Å²) in [5, 5.41) is 13.0. The molecule has 1 aromatic carbocycles. The molecule has 0 spiro atoms. The van der Waals surface area contributed by atoms with Gasteiger partial charge in [-0.05, 0) is 139 Å². The molecule has 1 amide bonds. The molecule has 1 saturated heterocycles. The van der Waals surface area contributed by atoms with Crippen LogP contribution in [0.4, 0.5) is 8.78 Å². The SMILES string of the molecule is C=C(C)C1CCC2(NC(=O)CN3CCC(F)(F)C3)CCC3(C)C(CCC4C5(C)CC=C(c6ccc(C(=O)O)cc6)C(C)(C)C5CCC43C)C12. The highest BCUT2D eigenvalue weighted by molar-refractivity contribution is 5.88. The van der Waals surface area contributed by atoms with Crippen LogP contribution in [0.1, 0.15) is 122 Å². The van der Waals surface area contributed by atoms with Crippen molar-refractivity contribution in [3.8, 4) is 0 Å². The minimum Gasteiger partial charge on any atom is -0.478 e. The average molecular weight is 677 g/mol. The number of halogens is 2. The van der Waals surface area contributed by atoms with Crippen LogP contribution in [-0.4, -0.2) is 53.0 Å². The lowest BCUT2D eigenvalue weighted by Gasteiger charge is -2.72. The number of carbonyl (C=O) groups is 2. The van der Waals surface area contributed by atoms with Crippen molar-refractivity contribution in [3.63, 3.8) is 0 Å². The fourth-order valence-electron chi connectivity index (χ4n) is 13.7. The van der Waals surface area contributed by atoms with Gasteiger partial charge in [0, 0.05) is 18.5 Å². The first-order valence-corrected chi connectivity index (χ1v) is 19.0. The predicted molar refractivity (Wildman–Crippen MR) is 190 cm³/mol. The minimum absolute atomic E-state index is 0.0430. The molecule has 1 heterocycles. The van der Waals surface area contributed by atoms with Gasteiger partial charge in [-0.25, -0.2) is 13.6 Å². The standard InChI is InChI=1S/C42H58F2N2O3/c1-26(2)29-14-19-41(45-34(47)24-46-23-22-42(43,44)25-46)21-20-39(6)31(35(29)41)12-13-33-38(5)17-15-30(27-8-10-28(11-9-27)36(48)49)37(3,4)32(38)16-18-40(33,39)7/h8-11,15,29,31-33,35H,1,12-14,16-25H2,2-7H3,(H,45,47)(H,48,49). The zero-order valence-corrected chi connectivity index (χ0v) is 30.6. The van der Waals surface area contributed by atoms with E-state index in [1.807, 2.05) is 12.1 Å². The maximum absolute atomic E-state index is 14.0. The number of likely N-dealkylation sites (tertiary alicyclic amines) is 1. The highest BCUT2D eigenvalue weighted by Gasteiger charge is 2.70. The van der Waals surface area contributed by atoms with Gasteiger partial charge in [0.25, 0.3) is 5.92 Å². The van der Waals surface area contributed by atoms with E-state index in [4.69, 9.17) is 0 Å². The van der Waals surface area contributed by atoms with Crippen molar-refractivity contribution in [3.05, 3.63) is 53.6 Å². The fourth-order valence-corrected chi connectivity index (χ4v) is 13.7. The van der Waals surface area contributed by atoms with Crippen LogP contribution in [0.5, 0.6) is 0 Å². The number of nitrogens with one attached hydrogen (secondary N) is 1. The lowest BCUT2D eigenvalue weighted by molar-refractivity contribution is -0.219. The van der Waals surface area contributed by atoms with E-state index in [1.54, 1.807) is 17.0 Å². The largest absolute Gasteiger partial charge is 0.478 e. The van der Waals surface area contributed by atoms with Crippen LogP contribution >= 0.6 is 0 Å². The highest BCUT2D eigenvalue weighted by Crippen LogP contribution is 2.76. The van der Waals surface area contributed by atoms with E-state index in [9.17, 15) is 23.5 Å². The molecule has 5 fully saturated rings. The smallest absolute Gasteiger partial charge is 0.335 e. The van der Waals surface area contributed by atoms with Gasteiger partial charge < -0.3 is 10.4 Å². The fraction of sp³-hybridized carbons (Fsp3) is 0.714. The number of hydrogen-bond donors (Lipinski definition) is 2. The third kappa shape index (κ3) is 5.20. The molecule has 7 rings (SSSR count). The average Bonchev–Trinajstić information content (AvgIpc) is 3.56. The summed E-state index contributed by atoms with van der Waals surface area (Å²) in [6, 6.07) is 7.46. The molecule has 9 atom stereocenters. The van der Waals surface area contributed by atoms with Crippen LogP contribution in [0.2, 0.25) is 0 Å². The van der Waals surface area contributed by atoms with Gasteiger partial charge in [-0.3, -0.25) is 9.69 Å². The molecule has 5 nitrogen and oxygen atoms in total. The predicted octanol–water partition coefficient (Wildman–Crippen LogP) is 9.25. The lowest BCUT2D eigenvalue weighted by Crippen LogP contribution is -2.68. The normalized spacial score (nSPS) is 42.2. The number of allylic oxidation sites excluding steroid dienone is 3. The quantitative estimate of drug-likeness (QED) is 0.295. The molecule has 49 heavy (non-hydrogen) atoms. The molecule has 0 radical (unpaired) electrons. The first kappa shape index (κ1) is 34.9. The van der Waals surface area contributed by atoms with Gasteiger partial charge in [0.1, 0.15) is 0 Å². The topological polar surface area (TPSA) is 69.6 Å². The van der Waals surface area contributed by atoms with E-state index in [-0.39, 0.29) is 59.2 Å². The Bertz CT molecular complexity index is 1570. The van der Waals surface area contributed by atoms with Gasteiger partial charge in [0.05, 0.1) is 18.7 Å². The van der Waals surface area contributed by atoms with Crippen LogP contribution in [0.3, 0.4) is 0 Å². The first-order valence-electron chi connectivity index (χ1n) is 19.0. The second kappa shape index (κ2) is 11.5. The summed E-state index contributed by atoms with van der Waals surface area (Å²) in [4.78, 5) is 26.8. The summed E-state index contributed by atoms with van der Waals surface area (Å²) in [6.07, 6.45) is 12.0. The van der Waals surface area contributed by atoms with E-state index in [2.05, 4.69) is 59.5 Å². The van der Waals surface area contributed by atoms with Crippen molar-refractivity contribution in [1.82, 2.24) is 10.2 Å². The Hall–Kier alpha value is -2.54. The summed E-state index contributed by atoms with van der Waals surface area (Å²) in [7, 11) is 0. The van der Waals surface area contributed by atoms with Crippen molar-refractivity contribution < 1.29 is 23.5 Å². The number of carbonyl (C=O) groups excluding carboxylic acids is 1. The zero-order valence-electron chi connectivity index (χ0n) is 30.6. The van der Waals surface area contributed by atoms with Gasteiger partial charge >= 0.3 is 5.97 Å². The molecule has 268 valence electrons. The number of hydrogen-bond acceptors (Lipinski definition) is 3. The Morgan fingerprint density at radius 1 is 0.918 bits per heavy atom. The molecule has 7 heteroatoms. The van der Waals surface area contributed by atoms with Crippen molar-refractivity contribution in [2.45, 2.75) is 117 Å². The Labute approximate surface area is 292 Å². The third-order valence-corrected chi connectivity index (χ3v) is 16.1. The molecule has 6 aliphatic rings. The number of fused-ring (bicyclic) bond motifs is 7. The van der Waals surface area contributed by atoms with Gasteiger partial charge in [-0.2, -0.15) is 0 Å². The zero-order chi connectivity index (χ0) is 35.4. The first-order chi connectivity index (χ1) is 22.9. The van der Waals surface area contributed by atoms with Crippen LogP contribution in [-0.2, 0) is 4.79 Å². The maximum Gasteiger partial charge on any atom is 0.335 e. The summed E-state index contributed by atoms with van der Waals surface area (Å²) in [5.41, 5.74) is 4.12. The molecular weight excluding hydrogens is 618 g/mol. The number of amides is 1. The van der Waals surface area contributed by atoms with Crippen LogP contribution in [0.25, 0.3) is 5.57 Å². The second-order valence-electron chi connectivity index (χ2n) is 18.6. The molecule has 4 saturated carbocycles. The Kier molecular flexibility index (Phi) is 8.18. The van der Waals surface area contributed by atoms with E-state index in [1.165, 1.54) is 30.4 Å². The summed E-state index contributed by atoms with van der Waals surface area (Å²) >= 11 is 0. The number of nitrogens with zero attached hydrogens (tertiary/aromatic N) is 1. The Morgan fingerprint density at radius 2 is 1.63 bits per heavy atom. The van der Waals surface area contributed by atoms with Crippen LogP contribution < -0.4 is 5.32 Å². The Morgan fingerprint density at radius 3 is 2.27 bits per heavy atom. The second-order valence-corrected chi connectivity index (χ2v) is 18.6. The summed E-state index contributed by atoms with van der Waals surface area (Å²) in [5.74, 6) is -1.43. The summed E-state index contributed by atoms with van der Waals surface area (Å²) in [6.45, 7) is 19.3. The molecule has 0 aromatic heterocycles. The van der Waals surface area contributed by atoms with Gasteiger partial charge in [-0.1, -0.05) is 65.0 Å². The molecule has 5 aliphatic carbocycles. The van der Waals surface area contributed by atoms with Crippen LogP contribution in [0, 0.1) is 51.2 Å². The molecule has 0 bridgehead atoms. The van der Waals surface area contributed by atoms with Gasteiger partial charge in [0.15, 0.2) is 0 Å². The van der Waals surface area contributed by atoms with E-state index in [0.29, 0.717) is 35.2 Å².